The van der Waals surface area contributed by atoms with E-state index in [4.69, 9.17) is 4.74 Å². The van der Waals surface area contributed by atoms with Gasteiger partial charge in [0.2, 0.25) is 0 Å². The zero-order chi connectivity index (χ0) is 12.4. The molecule has 0 radical (unpaired) electrons. The first kappa shape index (κ1) is 12.7. The maximum atomic E-state index is 9.62. The highest BCUT2D eigenvalue weighted by Gasteiger charge is 2.28. The van der Waals surface area contributed by atoms with Gasteiger partial charge in [0.15, 0.2) is 11.5 Å². The summed E-state index contributed by atoms with van der Waals surface area (Å²) in [4.78, 5) is 0. The van der Waals surface area contributed by atoms with E-state index in [9.17, 15) is 10.2 Å². The monoisotopic (exact) mass is 300 g/mol. The van der Waals surface area contributed by atoms with E-state index in [0.717, 1.165) is 24.0 Å². The van der Waals surface area contributed by atoms with Gasteiger partial charge < -0.3 is 14.9 Å². The Labute approximate surface area is 110 Å². The van der Waals surface area contributed by atoms with E-state index in [1.165, 1.54) is 0 Å². The van der Waals surface area contributed by atoms with Gasteiger partial charge in [-0.15, -0.1) is 0 Å². The fraction of sp³-hybridized carbons (Fsp3) is 0.538. The van der Waals surface area contributed by atoms with Crippen molar-refractivity contribution in [1.29, 1.82) is 0 Å². The highest BCUT2D eigenvalue weighted by Crippen LogP contribution is 2.41. The molecule has 0 aliphatic carbocycles. The first-order valence-electron chi connectivity index (χ1n) is 5.90. The van der Waals surface area contributed by atoms with Gasteiger partial charge in [-0.2, -0.15) is 0 Å². The Kier molecular flexibility index (Phi) is 3.94. The third kappa shape index (κ3) is 2.43. The van der Waals surface area contributed by atoms with E-state index in [1.807, 2.05) is 0 Å². The number of benzene rings is 1. The number of alkyl halides is 1. The number of phenolic OH excluding ortho intramolecular Hbond substituents is 2. The molecular weight excluding hydrogens is 284 g/mol. The highest BCUT2D eigenvalue weighted by molar-refractivity contribution is 9.09. The van der Waals surface area contributed by atoms with E-state index >= 15 is 0 Å². The Hall–Kier alpha value is -0.740. The van der Waals surface area contributed by atoms with E-state index in [0.29, 0.717) is 17.9 Å². The zero-order valence-corrected chi connectivity index (χ0v) is 11.4. The summed E-state index contributed by atoms with van der Waals surface area (Å²) in [7, 11) is 0. The van der Waals surface area contributed by atoms with Crippen LogP contribution in [0.15, 0.2) is 12.1 Å². The SMILES string of the molecule is CCCC1COC(CBr)c2cc(O)c(O)cc21. The summed E-state index contributed by atoms with van der Waals surface area (Å²) >= 11 is 3.41. The Balaban J connectivity index is 2.43. The van der Waals surface area contributed by atoms with E-state index in [-0.39, 0.29) is 17.6 Å². The molecule has 1 aliphatic heterocycles. The summed E-state index contributed by atoms with van der Waals surface area (Å²) in [5, 5.41) is 19.9. The number of hydrogen-bond acceptors (Lipinski definition) is 3. The minimum atomic E-state index is -0.0737. The van der Waals surface area contributed by atoms with Gasteiger partial charge in [-0.05, 0) is 29.7 Å². The van der Waals surface area contributed by atoms with Crippen molar-refractivity contribution in [3.05, 3.63) is 23.3 Å². The molecule has 0 aromatic heterocycles. The standard InChI is InChI=1S/C13H17BrO3/c1-2-3-8-7-17-13(6-14)10-5-12(16)11(15)4-9(8)10/h4-5,8,13,15-16H,2-3,6-7H2,1H3. The number of phenols is 2. The van der Waals surface area contributed by atoms with E-state index < -0.39 is 0 Å². The maximum Gasteiger partial charge on any atom is 0.157 e. The summed E-state index contributed by atoms with van der Waals surface area (Å²) in [6.45, 7) is 2.82. The van der Waals surface area contributed by atoms with Crippen LogP contribution in [0.25, 0.3) is 0 Å². The van der Waals surface area contributed by atoms with Gasteiger partial charge >= 0.3 is 0 Å². The van der Waals surface area contributed by atoms with Crippen molar-refractivity contribution in [3.8, 4) is 11.5 Å². The average Bonchev–Trinajstić information content (AvgIpc) is 2.32. The smallest absolute Gasteiger partial charge is 0.157 e. The molecule has 0 fully saturated rings. The second-order valence-electron chi connectivity index (χ2n) is 4.43. The lowest BCUT2D eigenvalue weighted by molar-refractivity contribution is 0.0414. The molecule has 0 spiro atoms. The Bertz CT molecular complexity index is 406. The highest BCUT2D eigenvalue weighted by atomic mass is 79.9. The van der Waals surface area contributed by atoms with Gasteiger partial charge in [0.05, 0.1) is 12.7 Å². The number of ether oxygens (including phenoxy) is 1. The molecule has 0 saturated carbocycles. The summed E-state index contributed by atoms with van der Waals surface area (Å²) < 4.78 is 5.77. The molecule has 4 heteroatoms. The van der Waals surface area contributed by atoms with Gasteiger partial charge in [-0.25, -0.2) is 0 Å². The van der Waals surface area contributed by atoms with Crippen molar-refractivity contribution in [3.63, 3.8) is 0 Å². The number of fused-ring (bicyclic) bond motifs is 1. The van der Waals surface area contributed by atoms with Crippen molar-refractivity contribution in [1.82, 2.24) is 0 Å². The first-order valence-corrected chi connectivity index (χ1v) is 7.02. The third-order valence-corrected chi connectivity index (χ3v) is 3.83. The molecule has 2 N–H and O–H groups in total. The van der Waals surface area contributed by atoms with Gasteiger partial charge in [0, 0.05) is 11.2 Å². The predicted octanol–water partition coefficient (Wildman–Crippen LogP) is 3.45. The summed E-state index contributed by atoms with van der Waals surface area (Å²) in [5.41, 5.74) is 2.10. The van der Waals surface area contributed by atoms with Crippen molar-refractivity contribution < 1.29 is 14.9 Å². The summed E-state index contributed by atoms with van der Waals surface area (Å²) in [6, 6.07) is 3.31. The van der Waals surface area contributed by atoms with Crippen LogP contribution in [0.5, 0.6) is 11.5 Å². The van der Waals surface area contributed by atoms with Crippen LogP contribution in [-0.4, -0.2) is 22.2 Å². The van der Waals surface area contributed by atoms with Gasteiger partial charge in [0.1, 0.15) is 0 Å². The van der Waals surface area contributed by atoms with Crippen molar-refractivity contribution in [2.24, 2.45) is 0 Å². The molecule has 3 nitrogen and oxygen atoms in total. The number of hydrogen-bond donors (Lipinski definition) is 2. The number of rotatable bonds is 3. The van der Waals surface area contributed by atoms with Gasteiger partial charge in [0.25, 0.3) is 0 Å². The van der Waals surface area contributed by atoms with Gasteiger partial charge in [-0.3, -0.25) is 0 Å². The van der Waals surface area contributed by atoms with Gasteiger partial charge in [-0.1, -0.05) is 29.3 Å². The molecule has 0 saturated heterocycles. The van der Waals surface area contributed by atoms with Crippen LogP contribution >= 0.6 is 15.9 Å². The number of aromatic hydroxyl groups is 2. The lowest BCUT2D eigenvalue weighted by Gasteiger charge is -2.31. The second-order valence-corrected chi connectivity index (χ2v) is 5.08. The molecular formula is C13H17BrO3. The topological polar surface area (TPSA) is 49.7 Å². The molecule has 94 valence electrons. The molecule has 2 unspecified atom stereocenters. The zero-order valence-electron chi connectivity index (χ0n) is 9.82. The normalized spacial score (nSPS) is 23.4. The molecule has 0 bridgehead atoms. The summed E-state index contributed by atoms with van der Waals surface area (Å²) in [5.74, 6) is 0.201. The molecule has 2 rings (SSSR count). The molecule has 1 aliphatic rings. The summed E-state index contributed by atoms with van der Waals surface area (Å²) in [6.07, 6.45) is 2.07. The fourth-order valence-electron chi connectivity index (χ4n) is 2.37. The predicted molar refractivity (Wildman–Crippen MR) is 69.9 cm³/mol. The van der Waals surface area contributed by atoms with E-state index in [1.54, 1.807) is 12.1 Å². The Morgan fingerprint density at radius 2 is 1.94 bits per heavy atom. The molecule has 2 atom stereocenters. The quantitative estimate of drug-likeness (QED) is 0.664. The molecule has 17 heavy (non-hydrogen) atoms. The van der Waals surface area contributed by atoms with Crippen molar-refractivity contribution >= 4 is 15.9 Å². The minimum absolute atomic E-state index is 0.0374. The molecule has 1 aromatic rings. The van der Waals surface area contributed by atoms with Crippen LogP contribution in [-0.2, 0) is 4.74 Å². The first-order chi connectivity index (χ1) is 8.17. The fourth-order valence-corrected chi connectivity index (χ4v) is 2.90. The second kappa shape index (κ2) is 5.27. The maximum absolute atomic E-state index is 9.62. The van der Waals surface area contributed by atoms with Crippen LogP contribution in [0.4, 0.5) is 0 Å². The molecule has 1 aromatic carbocycles. The lowest BCUT2D eigenvalue weighted by Crippen LogP contribution is -2.22. The molecule has 1 heterocycles. The third-order valence-electron chi connectivity index (χ3n) is 3.24. The van der Waals surface area contributed by atoms with Crippen molar-refractivity contribution in [2.45, 2.75) is 31.8 Å². The largest absolute Gasteiger partial charge is 0.504 e. The molecule has 0 amide bonds. The van der Waals surface area contributed by atoms with Crippen molar-refractivity contribution in [2.75, 3.05) is 11.9 Å². The average molecular weight is 301 g/mol. The lowest BCUT2D eigenvalue weighted by atomic mass is 9.87. The van der Waals surface area contributed by atoms with Crippen LogP contribution in [0.3, 0.4) is 0 Å². The van der Waals surface area contributed by atoms with Crippen LogP contribution in [0.1, 0.15) is 42.9 Å². The van der Waals surface area contributed by atoms with Crippen LogP contribution in [0.2, 0.25) is 0 Å². The Morgan fingerprint density at radius 3 is 2.53 bits per heavy atom. The van der Waals surface area contributed by atoms with Crippen LogP contribution in [0, 0.1) is 0 Å². The minimum Gasteiger partial charge on any atom is -0.504 e. The number of halogens is 1. The van der Waals surface area contributed by atoms with Crippen LogP contribution < -0.4 is 0 Å². The van der Waals surface area contributed by atoms with E-state index in [2.05, 4.69) is 22.9 Å². The Morgan fingerprint density at radius 1 is 1.29 bits per heavy atom.